The van der Waals surface area contributed by atoms with Crippen LogP contribution in [0.15, 0.2) is 27.2 Å². The Morgan fingerprint density at radius 1 is 1.33 bits per heavy atom. The van der Waals surface area contributed by atoms with Crippen LogP contribution >= 0.6 is 11.8 Å². The highest BCUT2D eigenvalue weighted by molar-refractivity contribution is 7.99. The minimum Gasteiger partial charge on any atom is -0.308 e. The van der Waals surface area contributed by atoms with Crippen molar-refractivity contribution in [2.75, 3.05) is 5.43 Å². The Morgan fingerprint density at radius 3 is 2.62 bits per heavy atom. The summed E-state index contributed by atoms with van der Waals surface area (Å²) >= 11 is 1.27. The van der Waals surface area contributed by atoms with Gasteiger partial charge in [0.05, 0.1) is 0 Å². The van der Waals surface area contributed by atoms with Crippen molar-refractivity contribution < 1.29 is 0 Å². The number of hydrogen-bond donors (Lipinski definition) is 3. The van der Waals surface area contributed by atoms with Gasteiger partial charge in [0.1, 0.15) is 16.7 Å². The average molecular weight is 306 g/mol. The van der Waals surface area contributed by atoms with Gasteiger partial charge < -0.3 is 10.4 Å². The number of anilines is 1. The number of nitrogens with zero attached hydrogens (tertiary/aromatic N) is 3. The zero-order valence-corrected chi connectivity index (χ0v) is 13.2. The molecule has 2 rings (SSSR count). The lowest BCUT2D eigenvalue weighted by molar-refractivity contribution is 0.538. The third-order valence-corrected chi connectivity index (χ3v) is 3.74. The van der Waals surface area contributed by atoms with Crippen molar-refractivity contribution in [3.05, 3.63) is 34.0 Å². The summed E-state index contributed by atoms with van der Waals surface area (Å²) in [6, 6.07) is 1.37. The Hall–Kier alpha value is -1.93. The fourth-order valence-electron chi connectivity index (χ4n) is 1.57. The second kappa shape index (κ2) is 5.82. The first kappa shape index (κ1) is 15.5. The van der Waals surface area contributed by atoms with Crippen molar-refractivity contribution in [1.29, 1.82) is 0 Å². The highest BCUT2D eigenvalue weighted by Crippen LogP contribution is 2.31. The van der Waals surface area contributed by atoms with E-state index in [1.165, 1.54) is 24.0 Å². The summed E-state index contributed by atoms with van der Waals surface area (Å²) in [7, 11) is 0. The van der Waals surface area contributed by atoms with Crippen LogP contribution in [0.25, 0.3) is 0 Å². The highest BCUT2D eigenvalue weighted by Gasteiger charge is 2.21. The molecule has 0 radical (unpaired) electrons. The van der Waals surface area contributed by atoms with Crippen LogP contribution in [0.5, 0.6) is 0 Å². The van der Waals surface area contributed by atoms with Crippen molar-refractivity contribution in [3.8, 4) is 0 Å². The third kappa shape index (κ3) is 3.59. The summed E-state index contributed by atoms with van der Waals surface area (Å²) in [6.07, 6.45) is 1.46. The van der Waals surface area contributed by atoms with E-state index in [2.05, 4.69) is 25.4 Å². The zero-order chi connectivity index (χ0) is 15.6. The van der Waals surface area contributed by atoms with E-state index in [0.29, 0.717) is 21.8 Å². The number of H-pyrrole nitrogens is 1. The van der Waals surface area contributed by atoms with Crippen molar-refractivity contribution in [2.24, 2.45) is 5.84 Å². The van der Waals surface area contributed by atoms with Crippen LogP contribution in [0.1, 0.15) is 32.2 Å². The smallest absolute Gasteiger partial charge is 0.251 e. The molecule has 2 aromatic rings. The predicted molar refractivity (Wildman–Crippen MR) is 82.3 cm³/mol. The minimum atomic E-state index is -0.216. The van der Waals surface area contributed by atoms with Crippen LogP contribution in [0.4, 0.5) is 5.82 Å². The maximum absolute atomic E-state index is 11.3. The molecule has 0 aliphatic rings. The Labute approximate surface area is 126 Å². The summed E-state index contributed by atoms with van der Waals surface area (Å²) in [5.41, 5.74) is 2.98. The number of hydrogen-bond acceptors (Lipinski definition) is 7. The molecule has 8 heteroatoms. The van der Waals surface area contributed by atoms with E-state index in [1.54, 1.807) is 0 Å². The Bertz CT molecular complexity index is 707. The summed E-state index contributed by atoms with van der Waals surface area (Å²) < 4.78 is 0. The average Bonchev–Trinajstić information content (AvgIpc) is 2.40. The van der Waals surface area contributed by atoms with Crippen LogP contribution in [-0.4, -0.2) is 19.9 Å². The molecule has 0 saturated heterocycles. The lowest BCUT2D eigenvalue weighted by Gasteiger charge is -2.19. The van der Waals surface area contributed by atoms with Crippen LogP contribution in [-0.2, 0) is 5.41 Å². The molecule has 0 amide bonds. The van der Waals surface area contributed by atoms with E-state index in [4.69, 9.17) is 5.84 Å². The van der Waals surface area contributed by atoms with E-state index in [0.717, 1.165) is 5.56 Å². The first-order valence-corrected chi connectivity index (χ1v) is 7.22. The Morgan fingerprint density at radius 2 is 2.05 bits per heavy atom. The fraction of sp³-hybridized carbons (Fsp3) is 0.385. The number of nitrogens with one attached hydrogen (secondary N) is 2. The Kier molecular flexibility index (Phi) is 4.29. The molecule has 0 fully saturated rings. The summed E-state index contributed by atoms with van der Waals surface area (Å²) in [5, 5.41) is 1.18. The molecular formula is C13H18N6OS. The standard InChI is InChI=1S/C13H18N6OS/c1-7-9(19-14)17-11(13(2,3)4)18-10(7)21-12-15-6-5-8(20)16-12/h5-6H,14H2,1-4H3,(H,15,16,20)(H,17,18,19). The van der Waals surface area contributed by atoms with Crippen molar-refractivity contribution in [3.63, 3.8) is 0 Å². The molecular weight excluding hydrogens is 288 g/mol. The molecule has 0 bridgehead atoms. The van der Waals surface area contributed by atoms with Gasteiger partial charge in [0.25, 0.3) is 5.56 Å². The maximum atomic E-state index is 11.3. The van der Waals surface area contributed by atoms with Gasteiger partial charge in [0.2, 0.25) is 0 Å². The monoisotopic (exact) mass is 306 g/mol. The van der Waals surface area contributed by atoms with Gasteiger partial charge in [-0.3, -0.25) is 4.79 Å². The quantitative estimate of drug-likeness (QED) is 0.342. The van der Waals surface area contributed by atoms with Crippen LogP contribution in [0.2, 0.25) is 0 Å². The Balaban J connectivity index is 2.49. The molecule has 2 aromatic heterocycles. The molecule has 112 valence electrons. The van der Waals surface area contributed by atoms with Crippen molar-refractivity contribution >= 4 is 17.6 Å². The molecule has 0 aromatic carbocycles. The molecule has 7 nitrogen and oxygen atoms in total. The number of nitrogens with two attached hydrogens (primary N) is 1. The number of aromatic nitrogens is 4. The summed E-state index contributed by atoms with van der Waals surface area (Å²) in [5.74, 6) is 6.76. The van der Waals surface area contributed by atoms with Gasteiger partial charge in [-0.05, 0) is 18.7 Å². The van der Waals surface area contributed by atoms with E-state index >= 15 is 0 Å². The summed E-state index contributed by atoms with van der Waals surface area (Å²) in [6.45, 7) is 7.93. The predicted octanol–water partition coefficient (Wildman–Crippen LogP) is 1.60. The summed E-state index contributed by atoms with van der Waals surface area (Å²) in [4.78, 5) is 27.1. The number of aromatic amines is 1. The van der Waals surface area contributed by atoms with Gasteiger partial charge in [-0.1, -0.05) is 20.8 Å². The van der Waals surface area contributed by atoms with Crippen molar-refractivity contribution in [1.82, 2.24) is 19.9 Å². The number of rotatable bonds is 3. The van der Waals surface area contributed by atoms with Gasteiger partial charge >= 0.3 is 0 Å². The first-order chi connectivity index (χ1) is 9.81. The van der Waals surface area contributed by atoms with Gasteiger partial charge in [0, 0.05) is 23.2 Å². The molecule has 0 spiro atoms. The van der Waals surface area contributed by atoms with Crippen LogP contribution in [0, 0.1) is 6.92 Å². The topological polar surface area (TPSA) is 110 Å². The largest absolute Gasteiger partial charge is 0.308 e. The van der Waals surface area contributed by atoms with Gasteiger partial charge in [-0.2, -0.15) is 0 Å². The van der Waals surface area contributed by atoms with Crippen molar-refractivity contribution in [2.45, 2.75) is 43.3 Å². The number of nitrogen functional groups attached to an aromatic ring is 1. The zero-order valence-electron chi connectivity index (χ0n) is 12.4. The molecule has 0 saturated carbocycles. The molecule has 4 N–H and O–H groups in total. The fourth-order valence-corrected chi connectivity index (χ4v) is 2.40. The molecule has 0 atom stereocenters. The van der Waals surface area contributed by atoms with Gasteiger partial charge in [-0.25, -0.2) is 20.8 Å². The molecule has 21 heavy (non-hydrogen) atoms. The maximum Gasteiger partial charge on any atom is 0.251 e. The van der Waals surface area contributed by atoms with E-state index in [-0.39, 0.29) is 11.0 Å². The second-order valence-electron chi connectivity index (χ2n) is 5.56. The second-order valence-corrected chi connectivity index (χ2v) is 6.54. The molecule has 0 aliphatic carbocycles. The molecule has 0 aliphatic heterocycles. The SMILES string of the molecule is Cc1c(NN)nc(C(C)(C)C)nc1Sc1nccc(=O)[nH]1. The van der Waals surface area contributed by atoms with E-state index < -0.39 is 0 Å². The van der Waals surface area contributed by atoms with E-state index in [1.807, 2.05) is 27.7 Å². The normalized spacial score (nSPS) is 11.5. The minimum absolute atomic E-state index is 0.201. The lowest BCUT2D eigenvalue weighted by Crippen LogP contribution is -2.20. The van der Waals surface area contributed by atoms with Gasteiger partial charge in [-0.15, -0.1) is 0 Å². The third-order valence-electron chi connectivity index (χ3n) is 2.75. The van der Waals surface area contributed by atoms with Gasteiger partial charge in [0.15, 0.2) is 5.16 Å². The first-order valence-electron chi connectivity index (χ1n) is 6.40. The highest BCUT2D eigenvalue weighted by atomic mass is 32.2. The lowest BCUT2D eigenvalue weighted by atomic mass is 9.95. The van der Waals surface area contributed by atoms with Crippen LogP contribution < -0.4 is 16.8 Å². The van der Waals surface area contributed by atoms with Crippen LogP contribution in [0.3, 0.4) is 0 Å². The number of hydrazine groups is 1. The molecule has 0 unspecified atom stereocenters. The molecule has 2 heterocycles. The van der Waals surface area contributed by atoms with E-state index in [9.17, 15) is 4.79 Å².